The highest BCUT2D eigenvalue weighted by Crippen LogP contribution is 2.16. The van der Waals surface area contributed by atoms with Gasteiger partial charge in [-0.15, -0.1) is 10.2 Å². The van der Waals surface area contributed by atoms with E-state index in [9.17, 15) is 0 Å². The lowest BCUT2D eigenvalue weighted by Gasteiger charge is -1.98. The first-order valence-electron chi connectivity index (χ1n) is 6.74. The van der Waals surface area contributed by atoms with Gasteiger partial charge in [0.05, 0.1) is 6.54 Å². The number of benzene rings is 1. The summed E-state index contributed by atoms with van der Waals surface area (Å²) in [5.74, 6) is 1.93. The van der Waals surface area contributed by atoms with Gasteiger partial charge in [-0.2, -0.15) is 5.10 Å². The van der Waals surface area contributed by atoms with E-state index in [4.69, 9.17) is 4.42 Å². The van der Waals surface area contributed by atoms with Gasteiger partial charge in [-0.05, 0) is 12.1 Å². The summed E-state index contributed by atoms with van der Waals surface area (Å²) in [5.41, 5.74) is 0.925. The van der Waals surface area contributed by atoms with Crippen LogP contribution in [0.1, 0.15) is 11.7 Å². The lowest BCUT2D eigenvalue weighted by molar-refractivity contribution is 0.477. The van der Waals surface area contributed by atoms with Gasteiger partial charge in [-0.25, -0.2) is 4.98 Å². The summed E-state index contributed by atoms with van der Waals surface area (Å²) in [6.45, 7) is 1.29. The van der Waals surface area contributed by atoms with Crippen molar-refractivity contribution in [2.75, 3.05) is 6.54 Å². The molecule has 7 heteroatoms. The Bertz CT molecular complexity index is 690. The van der Waals surface area contributed by atoms with Crippen molar-refractivity contribution >= 4 is 0 Å². The van der Waals surface area contributed by atoms with Crippen molar-refractivity contribution in [2.24, 2.45) is 7.05 Å². The fourth-order valence-electron chi connectivity index (χ4n) is 1.92. The smallest absolute Gasteiger partial charge is 0.247 e. The van der Waals surface area contributed by atoms with Gasteiger partial charge in [0.2, 0.25) is 11.8 Å². The van der Waals surface area contributed by atoms with Crippen LogP contribution in [0.25, 0.3) is 11.5 Å². The molecule has 0 aliphatic heterocycles. The third kappa shape index (κ3) is 3.51. The molecular weight excluding hydrogens is 268 g/mol. The Hall–Kier alpha value is -2.54. The minimum Gasteiger partial charge on any atom is -0.419 e. The minimum atomic E-state index is 0.534. The zero-order valence-electron chi connectivity index (χ0n) is 11.7. The van der Waals surface area contributed by atoms with Gasteiger partial charge < -0.3 is 9.73 Å². The Morgan fingerprint density at radius 2 is 2.05 bits per heavy atom. The van der Waals surface area contributed by atoms with Gasteiger partial charge in [-0.1, -0.05) is 18.2 Å². The molecule has 1 aromatic carbocycles. The first-order valence-corrected chi connectivity index (χ1v) is 6.74. The summed E-state index contributed by atoms with van der Waals surface area (Å²) in [6, 6.07) is 9.72. The monoisotopic (exact) mass is 284 g/mol. The normalized spacial score (nSPS) is 10.9. The van der Waals surface area contributed by atoms with Crippen LogP contribution in [0.4, 0.5) is 0 Å². The molecule has 0 saturated heterocycles. The molecule has 3 rings (SSSR count). The molecule has 0 spiro atoms. The highest BCUT2D eigenvalue weighted by atomic mass is 16.4. The van der Waals surface area contributed by atoms with Crippen LogP contribution in [0, 0.1) is 0 Å². The SMILES string of the molecule is Cn1cnc(CCNCc2nnc(-c3ccccc3)o2)n1. The molecule has 1 N–H and O–H groups in total. The maximum atomic E-state index is 5.61. The predicted molar refractivity (Wildman–Crippen MR) is 76.1 cm³/mol. The summed E-state index contributed by atoms with van der Waals surface area (Å²) in [6.07, 6.45) is 2.46. The molecule has 2 heterocycles. The number of nitrogens with one attached hydrogen (secondary N) is 1. The van der Waals surface area contributed by atoms with Crippen LogP contribution in [0.5, 0.6) is 0 Å². The van der Waals surface area contributed by atoms with E-state index < -0.39 is 0 Å². The van der Waals surface area contributed by atoms with E-state index in [1.807, 2.05) is 37.4 Å². The molecule has 0 unspecified atom stereocenters. The standard InChI is InChI=1S/C14H16N6O/c1-20-10-16-12(19-20)7-8-15-9-13-17-18-14(21-13)11-5-3-2-4-6-11/h2-6,10,15H,7-9H2,1H3. The molecule has 0 atom stereocenters. The van der Waals surface area contributed by atoms with E-state index in [0.717, 1.165) is 24.4 Å². The molecule has 0 fully saturated rings. The first-order chi connectivity index (χ1) is 10.3. The Morgan fingerprint density at radius 1 is 1.19 bits per heavy atom. The molecule has 0 bridgehead atoms. The zero-order valence-corrected chi connectivity index (χ0v) is 11.7. The topological polar surface area (TPSA) is 81.7 Å². The van der Waals surface area contributed by atoms with E-state index in [0.29, 0.717) is 18.3 Å². The number of hydrogen-bond acceptors (Lipinski definition) is 6. The molecule has 0 amide bonds. The van der Waals surface area contributed by atoms with Crippen molar-refractivity contribution in [3.05, 3.63) is 48.4 Å². The van der Waals surface area contributed by atoms with Gasteiger partial charge in [0.15, 0.2) is 5.82 Å². The Kier molecular flexibility index (Phi) is 4.02. The van der Waals surface area contributed by atoms with Crippen molar-refractivity contribution < 1.29 is 4.42 Å². The second kappa shape index (κ2) is 6.27. The van der Waals surface area contributed by atoms with Crippen molar-refractivity contribution in [1.82, 2.24) is 30.3 Å². The average molecular weight is 284 g/mol. The van der Waals surface area contributed by atoms with Crippen molar-refractivity contribution in [3.8, 4) is 11.5 Å². The number of aryl methyl sites for hydroxylation is 1. The van der Waals surface area contributed by atoms with Crippen molar-refractivity contribution in [1.29, 1.82) is 0 Å². The van der Waals surface area contributed by atoms with Crippen molar-refractivity contribution in [3.63, 3.8) is 0 Å². The van der Waals surface area contributed by atoms with E-state index in [2.05, 4.69) is 25.6 Å². The van der Waals surface area contributed by atoms with E-state index in [1.165, 1.54) is 0 Å². The fourth-order valence-corrected chi connectivity index (χ4v) is 1.92. The molecule has 7 nitrogen and oxygen atoms in total. The zero-order chi connectivity index (χ0) is 14.5. The summed E-state index contributed by atoms with van der Waals surface area (Å²) < 4.78 is 7.30. The third-order valence-corrected chi connectivity index (χ3v) is 2.94. The van der Waals surface area contributed by atoms with Gasteiger partial charge >= 0.3 is 0 Å². The largest absolute Gasteiger partial charge is 0.419 e. The first kappa shape index (κ1) is 13.4. The molecule has 0 aliphatic carbocycles. The van der Waals surface area contributed by atoms with Crippen LogP contribution in [0.3, 0.4) is 0 Å². The molecule has 108 valence electrons. The second-order valence-electron chi connectivity index (χ2n) is 4.63. The molecule has 0 aliphatic rings. The lowest BCUT2D eigenvalue weighted by atomic mass is 10.2. The van der Waals surface area contributed by atoms with Gasteiger partial charge in [0, 0.05) is 25.6 Å². The molecule has 2 aromatic heterocycles. The maximum Gasteiger partial charge on any atom is 0.247 e. The van der Waals surface area contributed by atoms with Crippen LogP contribution in [-0.4, -0.2) is 31.5 Å². The molecule has 21 heavy (non-hydrogen) atoms. The number of hydrogen-bond donors (Lipinski definition) is 1. The van der Waals surface area contributed by atoms with E-state index >= 15 is 0 Å². The van der Waals surface area contributed by atoms with Crippen LogP contribution in [-0.2, 0) is 20.0 Å². The maximum absolute atomic E-state index is 5.61. The van der Waals surface area contributed by atoms with Gasteiger partial charge in [-0.3, -0.25) is 4.68 Å². The van der Waals surface area contributed by atoms with Crippen LogP contribution in [0.15, 0.2) is 41.1 Å². The summed E-state index contributed by atoms with van der Waals surface area (Å²) in [5, 5.41) is 15.5. The van der Waals surface area contributed by atoms with Crippen LogP contribution >= 0.6 is 0 Å². The summed E-state index contributed by atoms with van der Waals surface area (Å²) in [7, 11) is 1.85. The number of aromatic nitrogens is 5. The molecule has 3 aromatic rings. The second-order valence-corrected chi connectivity index (χ2v) is 4.63. The predicted octanol–water partition coefficient (Wildman–Crippen LogP) is 1.20. The van der Waals surface area contributed by atoms with Gasteiger partial charge in [0.25, 0.3) is 0 Å². The Balaban J connectivity index is 1.49. The molecule has 0 radical (unpaired) electrons. The quantitative estimate of drug-likeness (QED) is 0.685. The lowest BCUT2D eigenvalue weighted by Crippen LogP contribution is -2.17. The highest BCUT2D eigenvalue weighted by Gasteiger charge is 2.07. The van der Waals surface area contributed by atoms with E-state index in [1.54, 1.807) is 11.0 Å². The Labute approximate surface area is 122 Å². The van der Waals surface area contributed by atoms with Crippen molar-refractivity contribution in [2.45, 2.75) is 13.0 Å². The van der Waals surface area contributed by atoms with Crippen LogP contribution < -0.4 is 5.32 Å². The van der Waals surface area contributed by atoms with Crippen LogP contribution in [0.2, 0.25) is 0 Å². The molecular formula is C14H16N6O. The Morgan fingerprint density at radius 3 is 2.81 bits per heavy atom. The summed E-state index contributed by atoms with van der Waals surface area (Å²) >= 11 is 0. The number of nitrogens with zero attached hydrogens (tertiary/aromatic N) is 5. The highest BCUT2D eigenvalue weighted by molar-refractivity contribution is 5.51. The third-order valence-electron chi connectivity index (χ3n) is 2.94. The van der Waals surface area contributed by atoms with E-state index in [-0.39, 0.29) is 0 Å². The fraction of sp³-hybridized carbons (Fsp3) is 0.286. The number of rotatable bonds is 6. The summed E-state index contributed by atoms with van der Waals surface area (Å²) in [4.78, 5) is 4.16. The average Bonchev–Trinajstić information content (AvgIpc) is 3.14. The van der Waals surface area contributed by atoms with Gasteiger partial charge in [0.1, 0.15) is 6.33 Å². The minimum absolute atomic E-state index is 0.534. The molecule has 0 saturated carbocycles.